The Morgan fingerprint density at radius 3 is 2.92 bits per heavy atom. The Balaban J connectivity index is 2.48. The quantitative estimate of drug-likeness (QED) is 0.775. The summed E-state index contributed by atoms with van der Waals surface area (Å²) in [6.07, 6.45) is 0.755. The van der Waals surface area contributed by atoms with E-state index < -0.39 is 0 Å². The lowest BCUT2D eigenvalue weighted by molar-refractivity contribution is 0.299. The van der Waals surface area contributed by atoms with E-state index in [1.54, 1.807) is 0 Å². The normalized spacial score (nSPS) is 10.9. The predicted molar refractivity (Wildman–Crippen MR) is 57.4 cm³/mol. The average molecular weight is 192 g/mol. The summed E-state index contributed by atoms with van der Waals surface area (Å²) in [4.78, 5) is 1.34. The smallest absolute Gasteiger partial charge is 0.0471 e. The van der Waals surface area contributed by atoms with Crippen molar-refractivity contribution in [3.05, 3.63) is 34.7 Å². The molecule has 0 fully saturated rings. The molecular formula is C11H12OS. The van der Waals surface area contributed by atoms with E-state index in [-0.39, 0.29) is 6.61 Å². The van der Waals surface area contributed by atoms with Gasteiger partial charge in [-0.05, 0) is 36.4 Å². The van der Waals surface area contributed by atoms with Gasteiger partial charge in [-0.3, -0.25) is 0 Å². The zero-order valence-corrected chi connectivity index (χ0v) is 8.40. The van der Waals surface area contributed by atoms with Crippen molar-refractivity contribution in [2.24, 2.45) is 0 Å². The summed E-state index contributed by atoms with van der Waals surface area (Å²) in [5.74, 6) is 0. The highest BCUT2D eigenvalue weighted by Crippen LogP contribution is 2.25. The minimum Gasteiger partial charge on any atom is -0.396 e. The molecule has 1 nitrogen and oxygen atoms in total. The van der Waals surface area contributed by atoms with Crippen molar-refractivity contribution in [3.8, 4) is 0 Å². The number of rotatable bonds is 2. The molecule has 0 spiro atoms. The number of hydrogen-bond donors (Lipinski definition) is 1. The Kier molecular flexibility index (Phi) is 2.34. The molecule has 2 aromatic rings. The fraction of sp³-hybridized carbons (Fsp3) is 0.273. The molecule has 0 atom stereocenters. The second kappa shape index (κ2) is 3.48. The summed E-state index contributed by atoms with van der Waals surface area (Å²) in [6.45, 7) is 2.35. The van der Waals surface area contributed by atoms with Gasteiger partial charge in [0.2, 0.25) is 0 Å². The second-order valence-corrected chi connectivity index (χ2v) is 4.49. The van der Waals surface area contributed by atoms with Gasteiger partial charge in [0.05, 0.1) is 0 Å². The van der Waals surface area contributed by atoms with E-state index in [1.807, 2.05) is 11.3 Å². The standard InChI is InChI=1S/C11H12OS/c1-8-6-10-7-9(4-5-12)2-3-11(10)13-8/h2-3,6-7,12H,4-5H2,1H3. The van der Waals surface area contributed by atoms with Gasteiger partial charge in [0.1, 0.15) is 0 Å². The van der Waals surface area contributed by atoms with Gasteiger partial charge in [-0.1, -0.05) is 12.1 Å². The molecule has 1 heterocycles. The molecule has 68 valence electrons. The minimum atomic E-state index is 0.231. The number of aryl methyl sites for hydroxylation is 1. The van der Waals surface area contributed by atoms with Crippen LogP contribution in [0, 0.1) is 6.92 Å². The summed E-state index contributed by atoms with van der Waals surface area (Å²) in [6, 6.07) is 8.59. The van der Waals surface area contributed by atoms with Gasteiger partial charge in [0, 0.05) is 16.2 Å². The van der Waals surface area contributed by atoms with Gasteiger partial charge in [-0.2, -0.15) is 0 Å². The van der Waals surface area contributed by atoms with E-state index in [0.717, 1.165) is 6.42 Å². The number of aliphatic hydroxyl groups excluding tert-OH is 1. The van der Waals surface area contributed by atoms with Gasteiger partial charge >= 0.3 is 0 Å². The molecule has 1 N–H and O–H groups in total. The molecule has 0 aliphatic carbocycles. The number of benzene rings is 1. The maximum absolute atomic E-state index is 8.80. The Hall–Kier alpha value is -0.860. The summed E-state index contributed by atoms with van der Waals surface area (Å²) in [5.41, 5.74) is 1.22. The van der Waals surface area contributed by atoms with Crippen molar-refractivity contribution in [2.45, 2.75) is 13.3 Å². The molecule has 0 saturated heterocycles. The first-order chi connectivity index (χ1) is 6.29. The summed E-state index contributed by atoms with van der Waals surface area (Å²) >= 11 is 1.82. The van der Waals surface area contributed by atoms with Gasteiger partial charge < -0.3 is 5.11 Å². The molecular weight excluding hydrogens is 180 g/mol. The van der Waals surface area contributed by atoms with E-state index in [4.69, 9.17) is 5.11 Å². The second-order valence-electron chi connectivity index (χ2n) is 3.20. The highest BCUT2D eigenvalue weighted by molar-refractivity contribution is 7.19. The maximum Gasteiger partial charge on any atom is 0.0471 e. The van der Waals surface area contributed by atoms with E-state index in [2.05, 4.69) is 31.2 Å². The van der Waals surface area contributed by atoms with Crippen molar-refractivity contribution in [1.82, 2.24) is 0 Å². The first kappa shape index (κ1) is 8.73. The van der Waals surface area contributed by atoms with Crippen molar-refractivity contribution in [1.29, 1.82) is 0 Å². The number of fused-ring (bicyclic) bond motifs is 1. The minimum absolute atomic E-state index is 0.231. The molecule has 13 heavy (non-hydrogen) atoms. The SMILES string of the molecule is Cc1cc2cc(CCO)ccc2s1. The zero-order chi connectivity index (χ0) is 9.26. The van der Waals surface area contributed by atoms with Crippen LogP contribution < -0.4 is 0 Å². The highest BCUT2D eigenvalue weighted by Gasteiger charge is 1.99. The van der Waals surface area contributed by atoms with Crippen LogP contribution in [0.2, 0.25) is 0 Å². The van der Waals surface area contributed by atoms with Crippen molar-refractivity contribution in [3.63, 3.8) is 0 Å². The molecule has 0 unspecified atom stereocenters. The van der Waals surface area contributed by atoms with Gasteiger partial charge in [0.15, 0.2) is 0 Å². The van der Waals surface area contributed by atoms with E-state index in [9.17, 15) is 0 Å². The molecule has 0 amide bonds. The van der Waals surface area contributed by atoms with Gasteiger partial charge in [-0.25, -0.2) is 0 Å². The Morgan fingerprint density at radius 2 is 2.15 bits per heavy atom. The van der Waals surface area contributed by atoms with E-state index in [1.165, 1.54) is 20.5 Å². The number of thiophene rings is 1. The molecule has 0 radical (unpaired) electrons. The van der Waals surface area contributed by atoms with Crippen LogP contribution in [0.5, 0.6) is 0 Å². The topological polar surface area (TPSA) is 20.2 Å². The lowest BCUT2D eigenvalue weighted by Gasteiger charge is -1.96. The van der Waals surface area contributed by atoms with Gasteiger partial charge in [-0.15, -0.1) is 11.3 Å². The molecule has 2 rings (SSSR count). The largest absolute Gasteiger partial charge is 0.396 e. The third kappa shape index (κ3) is 1.74. The van der Waals surface area contributed by atoms with Crippen LogP contribution in [0.1, 0.15) is 10.4 Å². The lowest BCUT2D eigenvalue weighted by Crippen LogP contribution is -1.88. The fourth-order valence-electron chi connectivity index (χ4n) is 1.51. The Bertz CT molecular complexity index is 417. The lowest BCUT2D eigenvalue weighted by atomic mass is 10.1. The first-order valence-electron chi connectivity index (χ1n) is 4.39. The summed E-state index contributed by atoms with van der Waals surface area (Å²) in [7, 11) is 0. The average Bonchev–Trinajstić information content (AvgIpc) is 2.44. The van der Waals surface area contributed by atoms with Crippen LogP contribution in [0.25, 0.3) is 10.1 Å². The molecule has 1 aromatic carbocycles. The zero-order valence-electron chi connectivity index (χ0n) is 7.58. The monoisotopic (exact) mass is 192 g/mol. The number of hydrogen-bond acceptors (Lipinski definition) is 2. The Morgan fingerprint density at radius 1 is 1.31 bits per heavy atom. The van der Waals surface area contributed by atoms with Gasteiger partial charge in [0.25, 0.3) is 0 Å². The van der Waals surface area contributed by atoms with Crippen LogP contribution >= 0.6 is 11.3 Å². The maximum atomic E-state index is 8.80. The highest BCUT2D eigenvalue weighted by atomic mass is 32.1. The summed E-state index contributed by atoms with van der Waals surface area (Å²) < 4.78 is 1.33. The van der Waals surface area contributed by atoms with Crippen LogP contribution in [0.15, 0.2) is 24.3 Å². The molecule has 0 aliphatic heterocycles. The molecule has 0 saturated carbocycles. The first-order valence-corrected chi connectivity index (χ1v) is 5.21. The predicted octanol–water partition coefficient (Wildman–Crippen LogP) is 2.74. The van der Waals surface area contributed by atoms with Crippen LogP contribution in [0.3, 0.4) is 0 Å². The fourth-order valence-corrected chi connectivity index (χ4v) is 2.41. The molecule has 2 heteroatoms. The third-order valence-electron chi connectivity index (χ3n) is 2.10. The van der Waals surface area contributed by atoms with E-state index >= 15 is 0 Å². The number of aliphatic hydroxyl groups is 1. The van der Waals surface area contributed by atoms with Crippen molar-refractivity contribution in [2.75, 3.05) is 6.61 Å². The molecule has 0 bridgehead atoms. The molecule has 1 aromatic heterocycles. The van der Waals surface area contributed by atoms with Crippen LogP contribution in [-0.2, 0) is 6.42 Å². The third-order valence-corrected chi connectivity index (χ3v) is 3.14. The van der Waals surface area contributed by atoms with Crippen molar-refractivity contribution >= 4 is 21.4 Å². The summed E-state index contributed by atoms with van der Waals surface area (Å²) in [5, 5.41) is 10.1. The van der Waals surface area contributed by atoms with Crippen molar-refractivity contribution < 1.29 is 5.11 Å². The Labute approximate surface area is 81.6 Å². The van der Waals surface area contributed by atoms with Crippen LogP contribution in [-0.4, -0.2) is 11.7 Å². The van der Waals surface area contributed by atoms with E-state index in [0.29, 0.717) is 0 Å². The molecule has 0 aliphatic rings. The van der Waals surface area contributed by atoms with Crippen LogP contribution in [0.4, 0.5) is 0 Å².